The number of anilines is 3. The zero-order valence-electron chi connectivity index (χ0n) is 29.0. The number of aromatic nitrogens is 1. The predicted molar refractivity (Wildman–Crippen MR) is 218 cm³/mol. The zero-order chi connectivity index (χ0) is 34.6. The van der Waals surface area contributed by atoms with Crippen molar-refractivity contribution in [3.05, 3.63) is 181 Å². The van der Waals surface area contributed by atoms with E-state index in [0.717, 1.165) is 55.6 Å². The van der Waals surface area contributed by atoms with Crippen molar-refractivity contribution in [2.45, 2.75) is 19.3 Å². The molecule has 0 spiro atoms. The second-order valence-corrected chi connectivity index (χ2v) is 14.5. The average Bonchev–Trinajstić information content (AvgIpc) is 3.82. The van der Waals surface area contributed by atoms with Gasteiger partial charge in [0, 0.05) is 43.6 Å². The van der Waals surface area contributed by atoms with Crippen LogP contribution < -0.4 is 4.90 Å². The highest BCUT2D eigenvalue weighted by Gasteiger charge is 2.38. The molecule has 246 valence electrons. The van der Waals surface area contributed by atoms with Crippen LogP contribution in [-0.2, 0) is 5.41 Å². The van der Waals surface area contributed by atoms with Gasteiger partial charge in [0.2, 0.25) is 0 Å². The van der Waals surface area contributed by atoms with Crippen molar-refractivity contribution in [1.82, 2.24) is 4.57 Å². The molecule has 0 saturated heterocycles. The Kier molecular flexibility index (Phi) is 6.01. The molecule has 0 radical (unpaired) electrons. The molecule has 0 amide bonds. The van der Waals surface area contributed by atoms with Gasteiger partial charge in [-0.25, -0.2) is 0 Å². The average molecular weight is 667 g/mol. The Hall–Kier alpha value is -6.58. The summed E-state index contributed by atoms with van der Waals surface area (Å²) >= 11 is 0. The molecule has 3 nitrogen and oxygen atoms in total. The van der Waals surface area contributed by atoms with Gasteiger partial charge in [-0.05, 0) is 70.6 Å². The minimum atomic E-state index is -0.146. The van der Waals surface area contributed by atoms with Crippen LogP contribution >= 0.6 is 0 Å². The standard InChI is InChI=1S/C49H34N2O/c1-49(2)38-22-10-8-19-36(38)45-39(49)23-13-25-41(45)51(44-28-12-21-34-35-30-29-31-15-6-7-18-33(31)47(35)52-48(34)44)43-27-14-26-42-46(43)37-20-9-11-24-40(37)50(42)32-16-4-3-5-17-32/h3-30H,1-2H3. The summed E-state index contributed by atoms with van der Waals surface area (Å²) in [6.07, 6.45) is 0. The summed E-state index contributed by atoms with van der Waals surface area (Å²) < 4.78 is 9.47. The van der Waals surface area contributed by atoms with E-state index in [9.17, 15) is 0 Å². The summed E-state index contributed by atoms with van der Waals surface area (Å²) in [5, 5.41) is 6.93. The lowest BCUT2D eigenvalue weighted by Crippen LogP contribution is -2.16. The molecule has 3 heteroatoms. The molecule has 11 rings (SSSR count). The second kappa shape index (κ2) is 10.7. The van der Waals surface area contributed by atoms with Gasteiger partial charge in [-0.15, -0.1) is 0 Å². The molecule has 52 heavy (non-hydrogen) atoms. The van der Waals surface area contributed by atoms with E-state index in [1.807, 2.05) is 0 Å². The summed E-state index contributed by atoms with van der Waals surface area (Å²) in [6, 6.07) is 61.5. The fourth-order valence-electron chi connectivity index (χ4n) is 9.04. The van der Waals surface area contributed by atoms with E-state index in [-0.39, 0.29) is 5.41 Å². The monoisotopic (exact) mass is 666 g/mol. The van der Waals surface area contributed by atoms with Crippen molar-refractivity contribution in [3.63, 3.8) is 0 Å². The Balaban J connectivity index is 1.30. The third-order valence-electron chi connectivity index (χ3n) is 11.4. The molecule has 0 aliphatic heterocycles. The Morgan fingerprint density at radius 3 is 2.00 bits per heavy atom. The van der Waals surface area contributed by atoms with Crippen LogP contribution in [0.15, 0.2) is 174 Å². The quantitative estimate of drug-likeness (QED) is 0.186. The lowest BCUT2D eigenvalue weighted by Gasteiger charge is -2.29. The number of hydrogen-bond donors (Lipinski definition) is 0. The highest BCUT2D eigenvalue weighted by Crippen LogP contribution is 2.56. The predicted octanol–water partition coefficient (Wildman–Crippen LogP) is 13.6. The third-order valence-corrected chi connectivity index (χ3v) is 11.4. The molecule has 8 aromatic carbocycles. The molecule has 1 aliphatic carbocycles. The molecule has 0 fully saturated rings. The van der Waals surface area contributed by atoms with Crippen molar-refractivity contribution in [3.8, 4) is 16.8 Å². The molecular weight excluding hydrogens is 633 g/mol. The number of para-hydroxylation sites is 3. The van der Waals surface area contributed by atoms with Crippen molar-refractivity contribution in [2.75, 3.05) is 4.90 Å². The number of nitrogens with zero attached hydrogens (tertiary/aromatic N) is 2. The molecule has 0 atom stereocenters. The van der Waals surface area contributed by atoms with Crippen LogP contribution in [0.2, 0.25) is 0 Å². The second-order valence-electron chi connectivity index (χ2n) is 14.5. The summed E-state index contributed by atoms with van der Waals surface area (Å²) in [5.74, 6) is 0. The van der Waals surface area contributed by atoms with Crippen molar-refractivity contribution >= 4 is 71.6 Å². The molecule has 2 aromatic heterocycles. The maximum Gasteiger partial charge on any atom is 0.159 e. The molecule has 1 aliphatic rings. The normalized spacial score (nSPS) is 13.3. The lowest BCUT2D eigenvalue weighted by molar-refractivity contribution is 0.660. The molecule has 0 N–H and O–H groups in total. The molecule has 0 saturated carbocycles. The minimum absolute atomic E-state index is 0.146. The third kappa shape index (κ3) is 3.91. The topological polar surface area (TPSA) is 21.3 Å². The van der Waals surface area contributed by atoms with E-state index in [1.54, 1.807) is 0 Å². The van der Waals surface area contributed by atoms with E-state index in [4.69, 9.17) is 4.42 Å². The van der Waals surface area contributed by atoms with Crippen LogP contribution in [0, 0.1) is 0 Å². The smallest absolute Gasteiger partial charge is 0.159 e. The summed E-state index contributed by atoms with van der Waals surface area (Å²) in [7, 11) is 0. The van der Waals surface area contributed by atoms with Gasteiger partial charge in [0.15, 0.2) is 5.58 Å². The van der Waals surface area contributed by atoms with Crippen LogP contribution in [0.5, 0.6) is 0 Å². The van der Waals surface area contributed by atoms with Gasteiger partial charge in [-0.2, -0.15) is 0 Å². The van der Waals surface area contributed by atoms with Crippen LogP contribution in [0.1, 0.15) is 25.0 Å². The summed E-state index contributed by atoms with van der Waals surface area (Å²) in [5.41, 5.74) is 13.6. The van der Waals surface area contributed by atoms with Gasteiger partial charge in [-0.1, -0.05) is 135 Å². The van der Waals surface area contributed by atoms with E-state index in [2.05, 4.69) is 193 Å². The van der Waals surface area contributed by atoms with Crippen LogP contribution in [0.4, 0.5) is 17.1 Å². The van der Waals surface area contributed by atoms with Gasteiger partial charge in [0.05, 0.1) is 28.1 Å². The van der Waals surface area contributed by atoms with Crippen molar-refractivity contribution < 1.29 is 4.42 Å². The Labute approximate surface area is 301 Å². The van der Waals surface area contributed by atoms with Gasteiger partial charge < -0.3 is 13.9 Å². The van der Waals surface area contributed by atoms with E-state index < -0.39 is 0 Å². The maximum absolute atomic E-state index is 7.08. The van der Waals surface area contributed by atoms with Crippen LogP contribution in [0.25, 0.3) is 71.3 Å². The first-order valence-electron chi connectivity index (χ1n) is 18.0. The SMILES string of the molecule is CC1(C)c2ccccc2-c2c(N(c3cccc4c3oc3c5ccccc5ccc43)c3cccc4c3c3ccccc3n4-c3ccccc3)cccc21. The first-order valence-corrected chi connectivity index (χ1v) is 18.0. The minimum Gasteiger partial charge on any atom is -0.453 e. The summed E-state index contributed by atoms with van der Waals surface area (Å²) in [6.45, 7) is 4.70. The number of furan rings is 1. The zero-order valence-corrected chi connectivity index (χ0v) is 29.0. The van der Waals surface area contributed by atoms with Crippen molar-refractivity contribution in [1.29, 1.82) is 0 Å². The summed E-state index contributed by atoms with van der Waals surface area (Å²) in [4.78, 5) is 2.48. The van der Waals surface area contributed by atoms with Crippen LogP contribution in [0.3, 0.4) is 0 Å². The lowest BCUT2D eigenvalue weighted by atomic mass is 9.82. The van der Waals surface area contributed by atoms with E-state index >= 15 is 0 Å². The Morgan fingerprint density at radius 1 is 0.462 bits per heavy atom. The first-order chi connectivity index (χ1) is 25.6. The first kappa shape index (κ1) is 29.2. The molecule has 2 heterocycles. The number of hydrogen-bond acceptors (Lipinski definition) is 2. The molecule has 10 aromatic rings. The van der Waals surface area contributed by atoms with Gasteiger partial charge in [0.1, 0.15) is 5.58 Å². The fraction of sp³-hybridized carbons (Fsp3) is 0.0612. The molecular formula is C49H34N2O. The fourth-order valence-corrected chi connectivity index (χ4v) is 9.04. The van der Waals surface area contributed by atoms with Gasteiger partial charge >= 0.3 is 0 Å². The molecule has 0 unspecified atom stereocenters. The number of benzene rings is 8. The largest absolute Gasteiger partial charge is 0.453 e. The highest BCUT2D eigenvalue weighted by molar-refractivity contribution is 6.21. The van der Waals surface area contributed by atoms with E-state index in [0.29, 0.717) is 0 Å². The molecule has 0 bridgehead atoms. The van der Waals surface area contributed by atoms with Gasteiger partial charge in [-0.3, -0.25) is 0 Å². The van der Waals surface area contributed by atoms with Crippen molar-refractivity contribution in [2.24, 2.45) is 0 Å². The number of fused-ring (bicyclic) bond motifs is 11. The van der Waals surface area contributed by atoms with Gasteiger partial charge in [0.25, 0.3) is 0 Å². The Bertz CT molecular complexity index is 3050. The van der Waals surface area contributed by atoms with Crippen LogP contribution in [-0.4, -0.2) is 4.57 Å². The Morgan fingerprint density at radius 2 is 1.10 bits per heavy atom. The van der Waals surface area contributed by atoms with E-state index in [1.165, 1.54) is 43.9 Å². The number of rotatable bonds is 4. The highest BCUT2D eigenvalue weighted by atomic mass is 16.3. The maximum atomic E-state index is 7.08.